The molecule has 0 amide bonds. The molecule has 0 N–H and O–H groups in total. The van der Waals surface area contributed by atoms with E-state index in [9.17, 15) is 4.79 Å². The topological polar surface area (TPSA) is 48.0 Å². The highest BCUT2D eigenvalue weighted by atomic mass is 16.5. The lowest BCUT2D eigenvalue weighted by Crippen LogP contribution is -2.37. The van der Waals surface area contributed by atoms with Gasteiger partial charge in [0.25, 0.3) is 0 Å². The second kappa shape index (κ2) is 7.88. The highest BCUT2D eigenvalue weighted by Crippen LogP contribution is 2.19. The van der Waals surface area contributed by atoms with Gasteiger partial charge in [0.05, 0.1) is 20.8 Å². The van der Waals surface area contributed by atoms with Gasteiger partial charge in [-0.05, 0) is 50.1 Å². The Morgan fingerprint density at radius 2 is 1.95 bits per heavy atom. The molecule has 1 aliphatic heterocycles. The van der Waals surface area contributed by atoms with Crippen molar-refractivity contribution in [2.45, 2.75) is 25.3 Å². The molecule has 0 saturated carbocycles. The van der Waals surface area contributed by atoms with Crippen LogP contribution in [0.5, 0.6) is 11.5 Å². The normalized spacial score (nSPS) is 18.5. The van der Waals surface area contributed by atoms with Crippen LogP contribution in [0.4, 0.5) is 0 Å². The van der Waals surface area contributed by atoms with E-state index >= 15 is 0 Å². The summed E-state index contributed by atoms with van der Waals surface area (Å²) >= 11 is 0. The standard InChI is InChI=1S/C16H23NO4/c1-19-13-6-8-14(9-7-13)21-12-4-11-17-10-3-5-15(17)16(18)20-2/h6-9,15H,3-5,10-12H2,1-2H3. The fraction of sp³-hybridized carbons (Fsp3) is 0.562. The van der Waals surface area contributed by atoms with Crippen molar-refractivity contribution in [2.75, 3.05) is 33.9 Å². The Kier molecular flexibility index (Phi) is 5.87. The smallest absolute Gasteiger partial charge is 0.323 e. The van der Waals surface area contributed by atoms with Crippen molar-refractivity contribution in [3.05, 3.63) is 24.3 Å². The summed E-state index contributed by atoms with van der Waals surface area (Å²) in [5, 5.41) is 0. The molecular weight excluding hydrogens is 270 g/mol. The Labute approximate surface area is 125 Å². The first kappa shape index (κ1) is 15.6. The van der Waals surface area contributed by atoms with Gasteiger partial charge in [0.1, 0.15) is 17.5 Å². The van der Waals surface area contributed by atoms with E-state index in [0.29, 0.717) is 6.61 Å². The molecule has 0 aromatic heterocycles. The van der Waals surface area contributed by atoms with Crippen molar-refractivity contribution >= 4 is 5.97 Å². The summed E-state index contributed by atoms with van der Waals surface area (Å²) in [5.74, 6) is 1.53. The van der Waals surface area contributed by atoms with Crippen LogP contribution in [-0.4, -0.2) is 50.8 Å². The van der Waals surface area contributed by atoms with Gasteiger partial charge in [-0.3, -0.25) is 9.69 Å². The minimum absolute atomic E-state index is 0.0732. The lowest BCUT2D eigenvalue weighted by Gasteiger charge is -2.22. The zero-order valence-electron chi connectivity index (χ0n) is 12.7. The number of methoxy groups -OCH3 is 2. The van der Waals surface area contributed by atoms with Crippen molar-refractivity contribution in [2.24, 2.45) is 0 Å². The van der Waals surface area contributed by atoms with E-state index in [2.05, 4.69) is 4.90 Å². The van der Waals surface area contributed by atoms with E-state index in [1.54, 1.807) is 7.11 Å². The number of ether oxygens (including phenoxy) is 3. The van der Waals surface area contributed by atoms with Crippen LogP contribution >= 0.6 is 0 Å². The van der Waals surface area contributed by atoms with Crippen LogP contribution in [-0.2, 0) is 9.53 Å². The summed E-state index contributed by atoms with van der Waals surface area (Å²) in [6.45, 7) is 2.45. The molecule has 5 nitrogen and oxygen atoms in total. The van der Waals surface area contributed by atoms with Gasteiger partial charge in [-0.1, -0.05) is 0 Å². The molecule has 0 bridgehead atoms. The minimum atomic E-state index is -0.122. The molecule has 0 radical (unpaired) electrons. The highest BCUT2D eigenvalue weighted by molar-refractivity contribution is 5.75. The molecule has 0 aliphatic carbocycles. The summed E-state index contributed by atoms with van der Waals surface area (Å²) in [6, 6.07) is 7.47. The maximum absolute atomic E-state index is 11.6. The Morgan fingerprint density at radius 3 is 2.62 bits per heavy atom. The number of carbonyl (C=O) groups is 1. The lowest BCUT2D eigenvalue weighted by atomic mass is 10.2. The van der Waals surface area contributed by atoms with Crippen molar-refractivity contribution < 1.29 is 19.0 Å². The zero-order chi connectivity index (χ0) is 15.1. The average molecular weight is 293 g/mol. The predicted molar refractivity (Wildman–Crippen MR) is 79.7 cm³/mol. The zero-order valence-corrected chi connectivity index (χ0v) is 12.7. The second-order valence-electron chi connectivity index (χ2n) is 5.09. The predicted octanol–water partition coefficient (Wildman–Crippen LogP) is 2.10. The molecule has 1 aliphatic rings. The maximum atomic E-state index is 11.6. The van der Waals surface area contributed by atoms with Crippen LogP contribution in [0.25, 0.3) is 0 Å². The van der Waals surface area contributed by atoms with E-state index in [1.165, 1.54) is 7.11 Å². The van der Waals surface area contributed by atoms with Crippen molar-refractivity contribution in [1.82, 2.24) is 4.90 Å². The molecule has 1 saturated heterocycles. The van der Waals surface area contributed by atoms with Gasteiger partial charge < -0.3 is 14.2 Å². The van der Waals surface area contributed by atoms with Crippen LogP contribution in [0.15, 0.2) is 24.3 Å². The molecule has 0 spiro atoms. The SMILES string of the molecule is COC(=O)C1CCCN1CCCOc1ccc(OC)cc1. The molecule has 1 aromatic carbocycles. The Balaban J connectivity index is 1.70. The van der Waals surface area contributed by atoms with Crippen LogP contribution in [0.2, 0.25) is 0 Å². The largest absolute Gasteiger partial charge is 0.497 e. The van der Waals surface area contributed by atoms with E-state index < -0.39 is 0 Å². The summed E-state index contributed by atoms with van der Waals surface area (Å²) in [4.78, 5) is 13.8. The third kappa shape index (κ3) is 4.36. The number of benzene rings is 1. The summed E-state index contributed by atoms with van der Waals surface area (Å²) < 4.78 is 15.6. The monoisotopic (exact) mass is 293 g/mol. The van der Waals surface area contributed by atoms with E-state index in [1.807, 2.05) is 24.3 Å². The molecular formula is C16H23NO4. The number of hydrogen-bond donors (Lipinski definition) is 0. The number of esters is 1. The van der Waals surface area contributed by atoms with Crippen molar-refractivity contribution in [1.29, 1.82) is 0 Å². The number of hydrogen-bond acceptors (Lipinski definition) is 5. The third-order valence-electron chi connectivity index (χ3n) is 3.75. The van der Waals surface area contributed by atoms with Gasteiger partial charge in [0, 0.05) is 6.54 Å². The Morgan fingerprint density at radius 1 is 1.24 bits per heavy atom. The molecule has 1 heterocycles. The molecule has 116 valence electrons. The highest BCUT2D eigenvalue weighted by Gasteiger charge is 2.30. The molecule has 5 heteroatoms. The Hall–Kier alpha value is -1.75. The first-order valence-corrected chi connectivity index (χ1v) is 7.33. The molecule has 1 unspecified atom stereocenters. The average Bonchev–Trinajstić information content (AvgIpc) is 3.00. The van der Waals surface area contributed by atoms with E-state index in [4.69, 9.17) is 14.2 Å². The summed E-state index contributed by atoms with van der Waals surface area (Å²) in [5.41, 5.74) is 0. The lowest BCUT2D eigenvalue weighted by molar-refractivity contribution is -0.145. The van der Waals surface area contributed by atoms with Gasteiger partial charge >= 0.3 is 5.97 Å². The van der Waals surface area contributed by atoms with E-state index in [-0.39, 0.29) is 12.0 Å². The maximum Gasteiger partial charge on any atom is 0.323 e. The van der Waals surface area contributed by atoms with Gasteiger partial charge in [-0.25, -0.2) is 0 Å². The first-order chi connectivity index (χ1) is 10.2. The van der Waals surface area contributed by atoms with Crippen LogP contribution in [0.1, 0.15) is 19.3 Å². The fourth-order valence-corrected chi connectivity index (χ4v) is 2.63. The number of nitrogens with zero attached hydrogens (tertiary/aromatic N) is 1. The number of rotatable bonds is 7. The van der Waals surface area contributed by atoms with Gasteiger partial charge in [-0.15, -0.1) is 0 Å². The first-order valence-electron chi connectivity index (χ1n) is 7.33. The number of likely N-dealkylation sites (tertiary alicyclic amines) is 1. The second-order valence-corrected chi connectivity index (χ2v) is 5.09. The van der Waals surface area contributed by atoms with Crippen LogP contribution in [0.3, 0.4) is 0 Å². The molecule has 1 atom stereocenters. The summed E-state index contributed by atoms with van der Waals surface area (Å²) in [6.07, 6.45) is 2.84. The van der Waals surface area contributed by atoms with E-state index in [0.717, 1.165) is 43.9 Å². The molecule has 2 rings (SSSR count). The van der Waals surface area contributed by atoms with Crippen molar-refractivity contribution in [3.63, 3.8) is 0 Å². The van der Waals surface area contributed by atoms with Gasteiger partial charge in [0.2, 0.25) is 0 Å². The van der Waals surface area contributed by atoms with Gasteiger partial charge in [0.15, 0.2) is 0 Å². The molecule has 1 aromatic rings. The Bertz CT molecular complexity index is 446. The van der Waals surface area contributed by atoms with Crippen molar-refractivity contribution in [3.8, 4) is 11.5 Å². The van der Waals surface area contributed by atoms with Crippen LogP contribution in [0, 0.1) is 0 Å². The summed E-state index contributed by atoms with van der Waals surface area (Å²) in [7, 11) is 3.09. The third-order valence-corrected chi connectivity index (χ3v) is 3.75. The van der Waals surface area contributed by atoms with Gasteiger partial charge in [-0.2, -0.15) is 0 Å². The fourth-order valence-electron chi connectivity index (χ4n) is 2.63. The number of carbonyl (C=O) groups excluding carboxylic acids is 1. The minimum Gasteiger partial charge on any atom is -0.497 e. The molecule has 1 fully saturated rings. The van der Waals surface area contributed by atoms with Crippen LogP contribution < -0.4 is 9.47 Å². The quantitative estimate of drug-likeness (QED) is 0.569. The molecule has 21 heavy (non-hydrogen) atoms.